The summed E-state index contributed by atoms with van der Waals surface area (Å²) in [6.45, 7) is 16.4. The number of rotatable bonds is 12. The summed E-state index contributed by atoms with van der Waals surface area (Å²) in [4.78, 5) is 25.2. The Labute approximate surface area is 274 Å². The van der Waals surface area contributed by atoms with Crippen molar-refractivity contribution in [3.8, 4) is 5.75 Å². The Morgan fingerprint density at radius 1 is 1.13 bits per heavy atom. The van der Waals surface area contributed by atoms with Crippen LogP contribution in [0.25, 0.3) is 10.9 Å². The number of anilines is 1. The molecule has 0 bridgehead atoms. The van der Waals surface area contributed by atoms with Gasteiger partial charge in [0.05, 0.1) is 36.4 Å². The Kier molecular flexibility index (Phi) is 11.2. The van der Waals surface area contributed by atoms with Gasteiger partial charge >= 0.3 is 0 Å². The fraction of sp³-hybridized carbons (Fsp3) is 0.543. The standard InChI is InChI=1S/C35H49N5O5S/c1-6-38(7-2)17-15-36-35(41)26-8-13-31-30(20-26)34(33(21-37-31)46(42,43)29-11-9-28(44-5)10-12-29)40-16-14-32-27(23-40)24-45-19-18-39(32)22-25(3)4/h8-13,20-21,25,27,32H,6-7,14-19,22-24H2,1-5H3,(H,36,41). The van der Waals surface area contributed by atoms with E-state index in [1.807, 2.05) is 6.07 Å². The molecule has 2 saturated heterocycles. The lowest BCUT2D eigenvalue weighted by Gasteiger charge is -2.44. The molecule has 2 unspecified atom stereocenters. The number of ether oxygens (including phenoxy) is 2. The third-order valence-electron chi connectivity index (χ3n) is 9.27. The van der Waals surface area contributed by atoms with Gasteiger partial charge in [0, 0.05) is 68.4 Å². The van der Waals surface area contributed by atoms with Gasteiger partial charge in [0.25, 0.3) is 5.91 Å². The van der Waals surface area contributed by atoms with Crippen LogP contribution in [0.5, 0.6) is 5.75 Å². The van der Waals surface area contributed by atoms with Crippen molar-refractivity contribution in [3.05, 3.63) is 54.2 Å². The molecule has 1 N–H and O–H groups in total. The summed E-state index contributed by atoms with van der Waals surface area (Å²) >= 11 is 0. The SMILES string of the molecule is CCN(CC)CCNC(=O)c1ccc2ncc(S(=O)(=O)c3ccc(OC)cc3)c(N3CCC4C(COCCN4CC(C)C)C3)c2c1. The zero-order chi connectivity index (χ0) is 32.8. The van der Waals surface area contributed by atoms with Crippen LogP contribution in [0.4, 0.5) is 5.69 Å². The lowest BCUT2D eigenvalue weighted by atomic mass is 9.90. The number of benzene rings is 2. The van der Waals surface area contributed by atoms with Gasteiger partial charge in [-0.15, -0.1) is 0 Å². The molecular weight excluding hydrogens is 602 g/mol. The highest BCUT2D eigenvalue weighted by Crippen LogP contribution is 2.39. The molecule has 2 aliphatic rings. The molecule has 0 spiro atoms. The summed E-state index contributed by atoms with van der Waals surface area (Å²) in [5, 5.41) is 3.69. The minimum absolute atomic E-state index is 0.135. The van der Waals surface area contributed by atoms with Gasteiger partial charge in [-0.25, -0.2) is 8.42 Å². The molecule has 250 valence electrons. The van der Waals surface area contributed by atoms with Crippen LogP contribution < -0.4 is 15.0 Å². The molecule has 1 amide bonds. The highest BCUT2D eigenvalue weighted by Gasteiger charge is 2.38. The van der Waals surface area contributed by atoms with E-state index in [-0.39, 0.29) is 21.6 Å². The number of aromatic nitrogens is 1. The number of amides is 1. The predicted molar refractivity (Wildman–Crippen MR) is 182 cm³/mol. The number of nitrogens with zero attached hydrogens (tertiary/aromatic N) is 4. The van der Waals surface area contributed by atoms with Crippen LogP contribution >= 0.6 is 0 Å². The van der Waals surface area contributed by atoms with Crippen LogP contribution in [0.1, 0.15) is 44.5 Å². The number of piperidine rings is 1. The van der Waals surface area contributed by atoms with E-state index in [1.165, 1.54) is 6.20 Å². The van der Waals surface area contributed by atoms with E-state index >= 15 is 0 Å². The van der Waals surface area contributed by atoms with E-state index in [1.54, 1.807) is 43.5 Å². The summed E-state index contributed by atoms with van der Waals surface area (Å²) in [6, 6.07) is 12.2. The topological polar surface area (TPSA) is 104 Å². The largest absolute Gasteiger partial charge is 0.497 e. The number of likely N-dealkylation sites (N-methyl/N-ethyl adjacent to an activating group) is 1. The Morgan fingerprint density at radius 2 is 1.89 bits per heavy atom. The van der Waals surface area contributed by atoms with Gasteiger partial charge in [0.15, 0.2) is 0 Å². The zero-order valence-electron chi connectivity index (χ0n) is 27.9. The van der Waals surface area contributed by atoms with E-state index in [0.29, 0.717) is 72.7 Å². The number of hydrogen-bond acceptors (Lipinski definition) is 9. The number of carbonyl (C=O) groups is 1. The van der Waals surface area contributed by atoms with Crippen molar-refractivity contribution < 1.29 is 22.7 Å². The van der Waals surface area contributed by atoms with Gasteiger partial charge in [-0.05, 0) is 67.9 Å². The number of fused-ring (bicyclic) bond motifs is 2. The second-order valence-electron chi connectivity index (χ2n) is 12.7. The molecule has 3 aromatic rings. The van der Waals surface area contributed by atoms with Crippen LogP contribution in [0.15, 0.2) is 58.5 Å². The zero-order valence-corrected chi connectivity index (χ0v) is 28.7. The van der Waals surface area contributed by atoms with Gasteiger partial charge in [-0.2, -0.15) is 0 Å². The van der Waals surface area contributed by atoms with Crippen molar-refractivity contribution in [2.24, 2.45) is 11.8 Å². The summed E-state index contributed by atoms with van der Waals surface area (Å²) in [5.74, 6) is 1.14. The van der Waals surface area contributed by atoms with Crippen molar-refractivity contribution in [2.45, 2.75) is 49.9 Å². The maximum atomic E-state index is 14.3. The van der Waals surface area contributed by atoms with Gasteiger partial charge in [0.2, 0.25) is 9.84 Å². The van der Waals surface area contributed by atoms with Gasteiger partial charge in [-0.3, -0.25) is 14.7 Å². The smallest absolute Gasteiger partial charge is 0.251 e. The Morgan fingerprint density at radius 3 is 2.59 bits per heavy atom. The van der Waals surface area contributed by atoms with Crippen molar-refractivity contribution in [2.75, 3.05) is 77.6 Å². The Bertz CT molecular complexity index is 1590. The molecule has 0 radical (unpaired) electrons. The first-order valence-corrected chi connectivity index (χ1v) is 18.0. The number of carbonyl (C=O) groups excluding carboxylic acids is 1. The molecule has 46 heavy (non-hydrogen) atoms. The lowest BCUT2D eigenvalue weighted by molar-refractivity contribution is 0.0949. The molecule has 2 atom stereocenters. The monoisotopic (exact) mass is 651 g/mol. The van der Waals surface area contributed by atoms with Crippen LogP contribution in [-0.4, -0.2) is 108 Å². The molecule has 2 fully saturated rings. The Balaban J connectivity index is 1.56. The first-order chi connectivity index (χ1) is 22.2. The summed E-state index contributed by atoms with van der Waals surface area (Å²) in [7, 11) is -2.42. The minimum Gasteiger partial charge on any atom is -0.497 e. The number of nitrogens with one attached hydrogen (secondary N) is 1. The molecule has 0 aliphatic carbocycles. The molecule has 1 aromatic heterocycles. The van der Waals surface area contributed by atoms with Crippen LogP contribution in [0.3, 0.4) is 0 Å². The third kappa shape index (κ3) is 7.48. The Hall–Kier alpha value is -3.25. The summed E-state index contributed by atoms with van der Waals surface area (Å²) < 4.78 is 40.0. The van der Waals surface area contributed by atoms with E-state index in [0.717, 1.165) is 39.1 Å². The van der Waals surface area contributed by atoms with E-state index in [9.17, 15) is 13.2 Å². The van der Waals surface area contributed by atoms with Crippen molar-refractivity contribution in [1.29, 1.82) is 0 Å². The van der Waals surface area contributed by atoms with Crippen molar-refractivity contribution in [1.82, 2.24) is 20.1 Å². The van der Waals surface area contributed by atoms with Gasteiger partial charge < -0.3 is 24.6 Å². The highest BCUT2D eigenvalue weighted by molar-refractivity contribution is 7.91. The molecule has 10 nitrogen and oxygen atoms in total. The second kappa shape index (κ2) is 15.1. The van der Waals surface area contributed by atoms with Gasteiger partial charge in [-0.1, -0.05) is 27.7 Å². The van der Waals surface area contributed by atoms with Crippen LogP contribution in [0, 0.1) is 11.8 Å². The van der Waals surface area contributed by atoms with Crippen molar-refractivity contribution in [3.63, 3.8) is 0 Å². The summed E-state index contributed by atoms with van der Waals surface area (Å²) in [6.07, 6.45) is 2.36. The number of methoxy groups -OCH3 is 1. The second-order valence-corrected chi connectivity index (χ2v) is 14.6. The fourth-order valence-corrected chi connectivity index (χ4v) is 8.25. The fourth-order valence-electron chi connectivity index (χ4n) is 6.82. The third-order valence-corrected chi connectivity index (χ3v) is 11.0. The molecule has 2 aromatic carbocycles. The lowest BCUT2D eigenvalue weighted by Crippen LogP contribution is -2.52. The molecule has 3 heterocycles. The maximum absolute atomic E-state index is 14.3. The van der Waals surface area contributed by atoms with Crippen LogP contribution in [0.2, 0.25) is 0 Å². The van der Waals surface area contributed by atoms with E-state index < -0.39 is 9.84 Å². The molecule has 0 saturated carbocycles. The quantitative estimate of drug-likeness (QED) is 0.307. The number of hydrogen-bond donors (Lipinski definition) is 1. The average molecular weight is 652 g/mol. The highest BCUT2D eigenvalue weighted by atomic mass is 32.2. The number of pyridine rings is 1. The summed E-state index contributed by atoms with van der Waals surface area (Å²) in [5.41, 5.74) is 1.71. The van der Waals surface area contributed by atoms with E-state index in [4.69, 9.17) is 9.47 Å². The van der Waals surface area contributed by atoms with Crippen molar-refractivity contribution >= 4 is 32.3 Å². The average Bonchev–Trinajstić information content (AvgIpc) is 3.26. The molecule has 2 aliphatic heterocycles. The molecule has 5 rings (SSSR count). The first kappa shape index (κ1) is 34.1. The predicted octanol–water partition coefficient (Wildman–Crippen LogP) is 4.33. The normalized spacial score (nSPS) is 19.3. The molecular formula is C35H49N5O5S. The maximum Gasteiger partial charge on any atom is 0.251 e. The van der Waals surface area contributed by atoms with Crippen LogP contribution in [-0.2, 0) is 14.6 Å². The number of sulfone groups is 1. The molecule has 11 heteroatoms. The minimum atomic E-state index is -3.97. The first-order valence-electron chi connectivity index (χ1n) is 16.5. The van der Waals surface area contributed by atoms with Gasteiger partial charge in [0.1, 0.15) is 10.6 Å². The van der Waals surface area contributed by atoms with E-state index in [2.05, 4.69) is 52.7 Å².